The van der Waals surface area contributed by atoms with Crippen molar-refractivity contribution in [1.29, 1.82) is 0 Å². The van der Waals surface area contributed by atoms with Gasteiger partial charge in [0.1, 0.15) is 23.7 Å². The monoisotopic (exact) mass is 307 g/mol. The van der Waals surface area contributed by atoms with Gasteiger partial charge >= 0.3 is 0 Å². The maximum atomic E-state index is 10.2. The minimum atomic E-state index is -1.08. The topological polar surface area (TPSA) is 116 Å². The molecule has 1 saturated carbocycles. The van der Waals surface area contributed by atoms with E-state index < -0.39 is 35.9 Å². The normalized spacial score (nSPS) is 50.1. The van der Waals surface area contributed by atoms with Crippen molar-refractivity contribution < 1.29 is 25.2 Å². The molecule has 2 aliphatic rings. The standard InChI is InChI=1S/C13H25NO5S/c1-6-3-2-4-8(10(6)16)20-13-12(18)9(14)11(17)7(5-15)19-13/h6-13,15-18H,2-5,14H2,1H3/t6?,7?,8-,9?,10?,11+,12+,13+/m1/s1. The van der Waals surface area contributed by atoms with Crippen molar-refractivity contribution in [1.82, 2.24) is 0 Å². The molecule has 1 heterocycles. The van der Waals surface area contributed by atoms with Crippen molar-refractivity contribution in [2.45, 2.75) is 67.3 Å². The Balaban J connectivity index is 2.00. The quantitative estimate of drug-likeness (QED) is 0.456. The Hall–Kier alpha value is 0.110. The van der Waals surface area contributed by atoms with Gasteiger partial charge in [-0.05, 0) is 18.8 Å². The van der Waals surface area contributed by atoms with Gasteiger partial charge in [-0.15, -0.1) is 11.8 Å². The Labute approximate surface area is 123 Å². The van der Waals surface area contributed by atoms with Gasteiger partial charge in [0.05, 0.1) is 18.8 Å². The Kier molecular flexibility index (Phi) is 5.70. The van der Waals surface area contributed by atoms with Crippen LogP contribution in [0.15, 0.2) is 0 Å². The van der Waals surface area contributed by atoms with Crippen LogP contribution < -0.4 is 5.73 Å². The molecule has 1 aliphatic carbocycles. The number of aliphatic hydroxyl groups excluding tert-OH is 4. The molecule has 0 amide bonds. The van der Waals surface area contributed by atoms with E-state index in [9.17, 15) is 20.4 Å². The summed E-state index contributed by atoms with van der Waals surface area (Å²) < 4.78 is 5.54. The maximum absolute atomic E-state index is 10.2. The van der Waals surface area contributed by atoms with Crippen LogP contribution in [0.1, 0.15) is 26.2 Å². The second-order valence-corrected chi connectivity index (χ2v) is 7.20. The second-order valence-electron chi connectivity index (χ2n) is 5.86. The van der Waals surface area contributed by atoms with E-state index in [4.69, 9.17) is 10.5 Å². The molecule has 6 N–H and O–H groups in total. The van der Waals surface area contributed by atoms with Gasteiger partial charge in [0.2, 0.25) is 0 Å². The van der Waals surface area contributed by atoms with Gasteiger partial charge in [-0.2, -0.15) is 0 Å². The third kappa shape index (κ3) is 3.30. The first kappa shape index (κ1) is 16.5. The number of nitrogens with two attached hydrogens (primary N) is 1. The average Bonchev–Trinajstić information content (AvgIpc) is 2.44. The second kappa shape index (κ2) is 6.91. The van der Waals surface area contributed by atoms with Gasteiger partial charge in [-0.1, -0.05) is 13.3 Å². The predicted molar refractivity (Wildman–Crippen MR) is 76.1 cm³/mol. The highest BCUT2D eigenvalue weighted by molar-refractivity contribution is 8.00. The van der Waals surface area contributed by atoms with E-state index >= 15 is 0 Å². The lowest BCUT2D eigenvalue weighted by atomic mass is 9.88. The largest absolute Gasteiger partial charge is 0.394 e. The molecule has 1 saturated heterocycles. The minimum absolute atomic E-state index is 0.0137. The molecular formula is C13H25NO5S. The molecule has 118 valence electrons. The number of hydrogen-bond donors (Lipinski definition) is 5. The molecule has 4 unspecified atom stereocenters. The Morgan fingerprint density at radius 2 is 1.85 bits per heavy atom. The summed E-state index contributed by atoms with van der Waals surface area (Å²) in [6.07, 6.45) is -0.404. The molecule has 1 aliphatic heterocycles. The van der Waals surface area contributed by atoms with Gasteiger partial charge in [-0.25, -0.2) is 0 Å². The Morgan fingerprint density at radius 1 is 1.15 bits per heavy atom. The van der Waals surface area contributed by atoms with Crippen molar-refractivity contribution in [3.8, 4) is 0 Å². The van der Waals surface area contributed by atoms with Crippen LogP contribution in [-0.2, 0) is 4.74 Å². The minimum Gasteiger partial charge on any atom is -0.394 e. The molecule has 0 aromatic heterocycles. The number of aliphatic hydroxyl groups is 4. The molecule has 8 atom stereocenters. The highest BCUT2D eigenvalue weighted by atomic mass is 32.2. The van der Waals surface area contributed by atoms with E-state index in [1.165, 1.54) is 11.8 Å². The zero-order valence-electron chi connectivity index (χ0n) is 11.6. The van der Waals surface area contributed by atoms with E-state index in [2.05, 4.69) is 0 Å². The van der Waals surface area contributed by atoms with Gasteiger partial charge in [0.25, 0.3) is 0 Å². The fourth-order valence-electron chi connectivity index (χ4n) is 2.90. The van der Waals surface area contributed by atoms with Crippen molar-refractivity contribution in [2.75, 3.05) is 6.61 Å². The fraction of sp³-hybridized carbons (Fsp3) is 1.00. The summed E-state index contributed by atoms with van der Waals surface area (Å²) in [6, 6.07) is -0.850. The van der Waals surface area contributed by atoms with Gasteiger partial charge < -0.3 is 30.9 Å². The third-order valence-corrected chi connectivity index (χ3v) is 5.88. The highest BCUT2D eigenvalue weighted by Crippen LogP contribution is 2.38. The van der Waals surface area contributed by atoms with Crippen LogP contribution in [0.2, 0.25) is 0 Å². The maximum Gasteiger partial charge on any atom is 0.131 e. The van der Waals surface area contributed by atoms with Crippen molar-refractivity contribution in [2.24, 2.45) is 11.7 Å². The average molecular weight is 307 g/mol. The molecule has 0 bridgehead atoms. The Bertz CT molecular complexity index is 319. The SMILES string of the molecule is CC1CCC[C@@H](S[C@@H]2OC(CO)[C@H](O)C(N)[C@@H]2O)C1O. The van der Waals surface area contributed by atoms with E-state index in [1.54, 1.807) is 0 Å². The lowest BCUT2D eigenvalue weighted by Crippen LogP contribution is -2.61. The Morgan fingerprint density at radius 3 is 2.50 bits per heavy atom. The third-order valence-electron chi connectivity index (χ3n) is 4.36. The highest BCUT2D eigenvalue weighted by Gasteiger charge is 2.44. The number of thioether (sulfide) groups is 1. The molecule has 0 spiro atoms. The van der Waals surface area contributed by atoms with Gasteiger partial charge in [-0.3, -0.25) is 0 Å². The van der Waals surface area contributed by atoms with Crippen molar-refractivity contribution in [3.05, 3.63) is 0 Å². The number of ether oxygens (including phenoxy) is 1. The van der Waals surface area contributed by atoms with Crippen LogP contribution in [0.4, 0.5) is 0 Å². The molecule has 7 heteroatoms. The molecule has 20 heavy (non-hydrogen) atoms. The summed E-state index contributed by atoms with van der Waals surface area (Å²) in [5.41, 5.74) is 5.15. The molecule has 6 nitrogen and oxygen atoms in total. The first-order valence-electron chi connectivity index (χ1n) is 7.17. The van der Waals surface area contributed by atoms with Gasteiger partial charge in [0, 0.05) is 5.25 Å². The molecule has 2 rings (SSSR count). The molecular weight excluding hydrogens is 282 g/mol. The van der Waals surface area contributed by atoms with E-state index in [-0.39, 0.29) is 17.8 Å². The molecule has 0 aromatic rings. The zero-order valence-corrected chi connectivity index (χ0v) is 12.4. The lowest BCUT2D eigenvalue weighted by Gasteiger charge is -2.43. The van der Waals surface area contributed by atoms with E-state index in [0.29, 0.717) is 0 Å². The van der Waals surface area contributed by atoms with Crippen LogP contribution in [0.3, 0.4) is 0 Å². The van der Waals surface area contributed by atoms with Crippen molar-refractivity contribution in [3.63, 3.8) is 0 Å². The fourth-order valence-corrected chi connectivity index (χ4v) is 4.52. The summed E-state index contributed by atoms with van der Waals surface area (Å²) in [5, 5.41) is 39.3. The van der Waals surface area contributed by atoms with Gasteiger partial charge in [0.15, 0.2) is 0 Å². The lowest BCUT2D eigenvalue weighted by molar-refractivity contribution is -0.160. The summed E-state index contributed by atoms with van der Waals surface area (Å²) in [7, 11) is 0. The van der Waals surface area contributed by atoms with Crippen LogP contribution in [0.25, 0.3) is 0 Å². The summed E-state index contributed by atoms with van der Waals surface area (Å²) >= 11 is 1.36. The molecule has 0 radical (unpaired) electrons. The van der Waals surface area contributed by atoms with Crippen LogP contribution in [-0.4, -0.2) is 68.2 Å². The first-order valence-corrected chi connectivity index (χ1v) is 8.11. The predicted octanol–water partition coefficient (Wildman–Crippen LogP) is -0.965. The van der Waals surface area contributed by atoms with Crippen LogP contribution >= 0.6 is 11.8 Å². The molecule has 0 aromatic carbocycles. The van der Waals surface area contributed by atoms with E-state index in [1.807, 2.05) is 6.92 Å². The summed E-state index contributed by atoms with van der Waals surface area (Å²) in [4.78, 5) is 0. The summed E-state index contributed by atoms with van der Waals surface area (Å²) in [5.74, 6) is 0.231. The number of rotatable bonds is 3. The van der Waals surface area contributed by atoms with Crippen LogP contribution in [0, 0.1) is 5.92 Å². The van der Waals surface area contributed by atoms with Crippen molar-refractivity contribution >= 4 is 11.8 Å². The number of hydrogen-bond acceptors (Lipinski definition) is 7. The first-order chi connectivity index (χ1) is 9.45. The van der Waals surface area contributed by atoms with E-state index in [0.717, 1.165) is 19.3 Å². The smallest absolute Gasteiger partial charge is 0.131 e. The van der Waals surface area contributed by atoms with Crippen LogP contribution in [0.5, 0.6) is 0 Å². The zero-order chi connectivity index (χ0) is 14.9. The summed E-state index contributed by atoms with van der Waals surface area (Å²) in [6.45, 7) is 1.67. The molecule has 2 fully saturated rings.